The summed E-state index contributed by atoms with van der Waals surface area (Å²) in [7, 11) is 1.47. The quantitative estimate of drug-likeness (QED) is 0.738. The molecule has 0 aliphatic rings. The second-order valence-corrected chi connectivity index (χ2v) is 2.67. The molecule has 4 heteroatoms. The topological polar surface area (TPSA) is 55.5 Å². The molecule has 0 amide bonds. The lowest BCUT2D eigenvalue weighted by Gasteiger charge is -2.07. The van der Waals surface area contributed by atoms with Gasteiger partial charge in [-0.15, -0.1) is 0 Å². The van der Waals surface area contributed by atoms with Crippen LogP contribution < -0.4 is 10.5 Å². The monoisotopic (exact) mass is 187 g/mol. The predicted octanol–water partition coefficient (Wildman–Crippen LogP) is 1.51. The van der Waals surface area contributed by atoms with Gasteiger partial charge in [0.15, 0.2) is 11.5 Å². The smallest absolute Gasteiger partial charge is 0.177 e. The number of rotatable bonds is 2. The molecule has 0 unspecified atom stereocenters. The van der Waals surface area contributed by atoms with Crippen molar-refractivity contribution >= 4 is 11.6 Å². The largest absolute Gasteiger partial charge is 0.503 e. The van der Waals surface area contributed by atoms with Gasteiger partial charge in [0, 0.05) is 6.54 Å². The van der Waals surface area contributed by atoms with Crippen LogP contribution in [0, 0.1) is 0 Å². The Morgan fingerprint density at radius 2 is 2.25 bits per heavy atom. The molecule has 0 bridgehead atoms. The van der Waals surface area contributed by atoms with Gasteiger partial charge in [-0.3, -0.25) is 0 Å². The molecule has 0 heterocycles. The summed E-state index contributed by atoms with van der Waals surface area (Å²) in [6.07, 6.45) is 0. The lowest BCUT2D eigenvalue weighted by atomic mass is 10.2. The zero-order valence-corrected chi connectivity index (χ0v) is 7.43. The molecule has 1 aromatic carbocycles. The summed E-state index contributed by atoms with van der Waals surface area (Å²) >= 11 is 5.77. The first-order valence-electron chi connectivity index (χ1n) is 3.45. The van der Waals surface area contributed by atoms with E-state index in [9.17, 15) is 5.11 Å². The molecule has 0 radical (unpaired) electrons. The number of aromatic hydroxyl groups is 1. The first kappa shape index (κ1) is 9.16. The van der Waals surface area contributed by atoms with Gasteiger partial charge in [-0.1, -0.05) is 17.7 Å². The van der Waals surface area contributed by atoms with Gasteiger partial charge in [-0.05, 0) is 11.6 Å². The molecular weight excluding hydrogens is 178 g/mol. The van der Waals surface area contributed by atoms with Crippen molar-refractivity contribution in [3.8, 4) is 11.5 Å². The molecule has 0 saturated heterocycles. The van der Waals surface area contributed by atoms with Gasteiger partial charge in [0.1, 0.15) is 0 Å². The molecule has 0 aliphatic heterocycles. The molecule has 0 fully saturated rings. The van der Waals surface area contributed by atoms with Crippen molar-refractivity contribution in [2.24, 2.45) is 5.73 Å². The first-order valence-corrected chi connectivity index (χ1v) is 3.83. The standard InChI is InChI=1S/C8H10ClNO2/c1-12-6-3-2-5(4-10)7(9)8(6)11/h2-3,11H,4,10H2,1H3. The second-order valence-electron chi connectivity index (χ2n) is 2.29. The fourth-order valence-corrected chi connectivity index (χ4v) is 1.14. The number of nitrogens with two attached hydrogens (primary N) is 1. The zero-order chi connectivity index (χ0) is 9.14. The Morgan fingerprint density at radius 1 is 1.58 bits per heavy atom. The third-order valence-electron chi connectivity index (χ3n) is 1.60. The number of phenols is 1. The van der Waals surface area contributed by atoms with Crippen LogP contribution in [-0.2, 0) is 6.54 Å². The third-order valence-corrected chi connectivity index (χ3v) is 2.02. The zero-order valence-electron chi connectivity index (χ0n) is 6.67. The van der Waals surface area contributed by atoms with E-state index in [4.69, 9.17) is 22.1 Å². The molecule has 0 saturated carbocycles. The lowest BCUT2D eigenvalue weighted by Crippen LogP contribution is -1.97. The summed E-state index contributed by atoms with van der Waals surface area (Å²) in [5.41, 5.74) is 6.08. The summed E-state index contributed by atoms with van der Waals surface area (Å²) in [4.78, 5) is 0. The average Bonchev–Trinajstić information content (AvgIpc) is 2.10. The van der Waals surface area contributed by atoms with Crippen LogP contribution in [0.1, 0.15) is 5.56 Å². The Labute approximate surface area is 75.7 Å². The highest BCUT2D eigenvalue weighted by Gasteiger charge is 2.09. The predicted molar refractivity (Wildman–Crippen MR) is 47.6 cm³/mol. The van der Waals surface area contributed by atoms with Gasteiger partial charge >= 0.3 is 0 Å². The summed E-state index contributed by atoms with van der Waals surface area (Å²) in [6.45, 7) is 0.302. The second kappa shape index (κ2) is 3.65. The first-order chi connectivity index (χ1) is 5.70. The number of hydrogen-bond donors (Lipinski definition) is 2. The van der Waals surface area contributed by atoms with Crippen molar-refractivity contribution in [1.29, 1.82) is 0 Å². The van der Waals surface area contributed by atoms with Crippen molar-refractivity contribution in [3.05, 3.63) is 22.7 Å². The van der Waals surface area contributed by atoms with Crippen LogP contribution in [0.2, 0.25) is 5.02 Å². The molecule has 0 aliphatic carbocycles. The number of halogens is 1. The molecule has 1 aromatic rings. The van der Waals surface area contributed by atoms with E-state index in [0.29, 0.717) is 17.9 Å². The molecular formula is C8H10ClNO2. The lowest BCUT2D eigenvalue weighted by molar-refractivity contribution is 0.373. The summed E-state index contributed by atoms with van der Waals surface area (Å²) < 4.78 is 4.85. The molecule has 66 valence electrons. The summed E-state index contributed by atoms with van der Waals surface area (Å²) in [5, 5.41) is 9.66. The maximum atomic E-state index is 9.40. The fourth-order valence-electron chi connectivity index (χ4n) is 0.911. The highest BCUT2D eigenvalue weighted by Crippen LogP contribution is 2.35. The normalized spacial score (nSPS) is 9.92. The number of ether oxygens (including phenoxy) is 1. The minimum absolute atomic E-state index is 0.0536. The molecule has 0 aromatic heterocycles. The Kier molecular flexibility index (Phi) is 2.78. The number of benzene rings is 1. The van der Waals surface area contributed by atoms with Crippen LogP contribution in [0.5, 0.6) is 11.5 Å². The van der Waals surface area contributed by atoms with Crippen molar-refractivity contribution in [2.75, 3.05) is 7.11 Å². The van der Waals surface area contributed by atoms with Crippen molar-refractivity contribution in [3.63, 3.8) is 0 Å². The highest BCUT2D eigenvalue weighted by molar-refractivity contribution is 6.33. The van der Waals surface area contributed by atoms with E-state index in [-0.39, 0.29) is 10.8 Å². The van der Waals surface area contributed by atoms with Crippen molar-refractivity contribution in [2.45, 2.75) is 6.54 Å². The summed E-state index contributed by atoms with van der Waals surface area (Å²) in [5.74, 6) is 0.305. The van der Waals surface area contributed by atoms with E-state index in [1.807, 2.05) is 0 Å². The summed E-state index contributed by atoms with van der Waals surface area (Å²) in [6, 6.07) is 3.35. The number of phenolic OH excluding ortho intramolecular Hbond substituents is 1. The maximum absolute atomic E-state index is 9.40. The molecule has 3 N–H and O–H groups in total. The van der Waals surface area contributed by atoms with Gasteiger partial charge in [0.25, 0.3) is 0 Å². The Bertz CT molecular complexity index is 260. The van der Waals surface area contributed by atoms with Gasteiger partial charge in [-0.25, -0.2) is 0 Å². The van der Waals surface area contributed by atoms with Crippen LogP contribution in [0.25, 0.3) is 0 Å². The van der Waals surface area contributed by atoms with Crippen LogP contribution >= 0.6 is 11.6 Å². The minimum atomic E-state index is -0.0536. The van der Waals surface area contributed by atoms with Crippen molar-refractivity contribution in [1.82, 2.24) is 0 Å². The molecule has 3 nitrogen and oxygen atoms in total. The van der Waals surface area contributed by atoms with Crippen LogP contribution in [0.15, 0.2) is 12.1 Å². The Hall–Kier alpha value is -0.930. The van der Waals surface area contributed by atoms with Gasteiger partial charge < -0.3 is 15.6 Å². The highest BCUT2D eigenvalue weighted by atomic mass is 35.5. The molecule has 0 spiro atoms. The molecule has 0 atom stereocenters. The Balaban J connectivity index is 3.20. The van der Waals surface area contributed by atoms with E-state index < -0.39 is 0 Å². The van der Waals surface area contributed by atoms with Crippen LogP contribution in [-0.4, -0.2) is 12.2 Å². The SMILES string of the molecule is COc1ccc(CN)c(Cl)c1O. The van der Waals surface area contributed by atoms with Crippen LogP contribution in [0.3, 0.4) is 0 Å². The van der Waals surface area contributed by atoms with E-state index >= 15 is 0 Å². The third kappa shape index (κ3) is 1.47. The van der Waals surface area contributed by atoms with E-state index in [0.717, 1.165) is 0 Å². The van der Waals surface area contributed by atoms with Gasteiger partial charge in [0.2, 0.25) is 0 Å². The fraction of sp³-hybridized carbons (Fsp3) is 0.250. The van der Waals surface area contributed by atoms with Crippen LogP contribution in [0.4, 0.5) is 0 Å². The van der Waals surface area contributed by atoms with Crippen molar-refractivity contribution < 1.29 is 9.84 Å². The molecule has 12 heavy (non-hydrogen) atoms. The van der Waals surface area contributed by atoms with E-state index in [1.165, 1.54) is 7.11 Å². The average molecular weight is 188 g/mol. The number of methoxy groups -OCH3 is 1. The molecule has 1 rings (SSSR count). The Morgan fingerprint density at radius 3 is 2.75 bits per heavy atom. The van der Waals surface area contributed by atoms with Gasteiger partial charge in [0.05, 0.1) is 12.1 Å². The van der Waals surface area contributed by atoms with Gasteiger partial charge in [-0.2, -0.15) is 0 Å². The minimum Gasteiger partial charge on any atom is -0.503 e. The number of hydrogen-bond acceptors (Lipinski definition) is 3. The van der Waals surface area contributed by atoms with E-state index in [2.05, 4.69) is 0 Å². The maximum Gasteiger partial charge on any atom is 0.177 e. The van der Waals surface area contributed by atoms with E-state index in [1.54, 1.807) is 12.1 Å².